The Hall–Kier alpha value is -3.41. The number of piperidine rings is 1. The topological polar surface area (TPSA) is 67.3 Å². The zero-order valence-electron chi connectivity index (χ0n) is 17.9. The van der Waals surface area contributed by atoms with Crippen LogP contribution in [0.5, 0.6) is 5.75 Å². The highest BCUT2D eigenvalue weighted by Gasteiger charge is 2.13. The van der Waals surface area contributed by atoms with Gasteiger partial charge in [-0.2, -0.15) is 0 Å². The van der Waals surface area contributed by atoms with Gasteiger partial charge < -0.3 is 15.0 Å². The summed E-state index contributed by atoms with van der Waals surface area (Å²) >= 11 is 0. The van der Waals surface area contributed by atoms with Crippen LogP contribution in [0.3, 0.4) is 0 Å². The van der Waals surface area contributed by atoms with Crippen LogP contribution >= 0.6 is 0 Å². The van der Waals surface area contributed by atoms with Crippen molar-refractivity contribution in [3.8, 4) is 17.0 Å². The van der Waals surface area contributed by atoms with Gasteiger partial charge >= 0.3 is 0 Å². The Bertz CT molecular complexity index is 997. The molecule has 1 aromatic heterocycles. The van der Waals surface area contributed by atoms with Crippen LogP contribution < -0.4 is 15.0 Å². The standard InChI is InChI=1S/C25H28N4O2/c1-2-31-22-11-9-19(10-12-22)17-25(30)26-21-8-6-7-20(18-21)23-13-14-24(28-27-23)29-15-4-3-5-16-29/h6-14,18H,2-5,15-17H2,1H3,(H,26,30). The quantitative estimate of drug-likeness (QED) is 0.604. The van der Waals surface area contributed by atoms with E-state index in [0.717, 1.165) is 47.2 Å². The minimum Gasteiger partial charge on any atom is -0.494 e. The Kier molecular flexibility index (Phi) is 6.77. The molecule has 1 N–H and O–H groups in total. The number of anilines is 2. The number of amides is 1. The molecule has 4 rings (SSSR count). The van der Waals surface area contributed by atoms with Gasteiger partial charge in [0.1, 0.15) is 5.75 Å². The second-order valence-electron chi connectivity index (χ2n) is 7.71. The van der Waals surface area contributed by atoms with Crippen molar-refractivity contribution in [1.29, 1.82) is 0 Å². The van der Waals surface area contributed by atoms with Crippen molar-refractivity contribution < 1.29 is 9.53 Å². The molecule has 2 heterocycles. The molecule has 31 heavy (non-hydrogen) atoms. The average molecular weight is 417 g/mol. The third kappa shape index (κ3) is 5.60. The van der Waals surface area contributed by atoms with E-state index in [0.29, 0.717) is 13.0 Å². The third-order valence-electron chi connectivity index (χ3n) is 5.37. The molecule has 0 radical (unpaired) electrons. The summed E-state index contributed by atoms with van der Waals surface area (Å²) in [5, 5.41) is 11.8. The van der Waals surface area contributed by atoms with Crippen LogP contribution in [0.15, 0.2) is 60.7 Å². The number of rotatable bonds is 7. The number of benzene rings is 2. The predicted molar refractivity (Wildman–Crippen MR) is 123 cm³/mol. The van der Waals surface area contributed by atoms with Gasteiger partial charge in [-0.05, 0) is 68.1 Å². The van der Waals surface area contributed by atoms with Crippen molar-refractivity contribution in [2.75, 3.05) is 29.9 Å². The fraction of sp³-hybridized carbons (Fsp3) is 0.320. The van der Waals surface area contributed by atoms with Crippen molar-refractivity contribution >= 4 is 17.4 Å². The highest BCUT2D eigenvalue weighted by molar-refractivity contribution is 5.92. The molecule has 0 spiro atoms. The predicted octanol–water partition coefficient (Wildman–Crippen LogP) is 4.71. The Labute approximate surface area is 183 Å². The van der Waals surface area contributed by atoms with Crippen molar-refractivity contribution in [3.63, 3.8) is 0 Å². The van der Waals surface area contributed by atoms with Gasteiger partial charge in [-0.15, -0.1) is 10.2 Å². The van der Waals surface area contributed by atoms with E-state index in [-0.39, 0.29) is 5.91 Å². The van der Waals surface area contributed by atoms with E-state index in [1.165, 1.54) is 19.3 Å². The smallest absolute Gasteiger partial charge is 0.228 e. The molecule has 0 saturated carbocycles. The molecule has 0 bridgehead atoms. The van der Waals surface area contributed by atoms with Crippen molar-refractivity contribution in [2.45, 2.75) is 32.6 Å². The molecule has 1 aliphatic heterocycles. The van der Waals surface area contributed by atoms with Crippen LogP contribution in [-0.4, -0.2) is 35.8 Å². The number of hydrogen-bond acceptors (Lipinski definition) is 5. The molecule has 1 aliphatic rings. The summed E-state index contributed by atoms with van der Waals surface area (Å²) < 4.78 is 5.44. The Morgan fingerprint density at radius 3 is 2.52 bits per heavy atom. The molecule has 6 nitrogen and oxygen atoms in total. The van der Waals surface area contributed by atoms with E-state index in [4.69, 9.17) is 4.74 Å². The lowest BCUT2D eigenvalue weighted by molar-refractivity contribution is -0.115. The summed E-state index contributed by atoms with van der Waals surface area (Å²) in [5.74, 6) is 1.68. The van der Waals surface area contributed by atoms with Gasteiger partial charge in [0.15, 0.2) is 5.82 Å². The van der Waals surface area contributed by atoms with Gasteiger partial charge in [0, 0.05) is 24.3 Å². The van der Waals surface area contributed by atoms with E-state index in [9.17, 15) is 4.79 Å². The first-order valence-electron chi connectivity index (χ1n) is 10.9. The minimum absolute atomic E-state index is 0.0622. The number of hydrogen-bond donors (Lipinski definition) is 1. The fourth-order valence-corrected chi connectivity index (χ4v) is 3.79. The van der Waals surface area contributed by atoms with E-state index >= 15 is 0 Å². The van der Waals surface area contributed by atoms with E-state index in [1.54, 1.807) is 0 Å². The first kappa shape index (κ1) is 20.8. The number of ether oxygens (including phenoxy) is 1. The summed E-state index contributed by atoms with van der Waals surface area (Å²) in [6.45, 7) is 4.67. The highest BCUT2D eigenvalue weighted by atomic mass is 16.5. The summed E-state index contributed by atoms with van der Waals surface area (Å²) in [6.07, 6.45) is 4.02. The van der Waals surface area contributed by atoms with Crippen LogP contribution in [0.2, 0.25) is 0 Å². The lowest BCUT2D eigenvalue weighted by Crippen LogP contribution is -2.30. The maximum absolute atomic E-state index is 12.5. The molecular formula is C25H28N4O2. The molecule has 1 saturated heterocycles. The molecule has 6 heteroatoms. The maximum Gasteiger partial charge on any atom is 0.228 e. The normalized spacial score (nSPS) is 13.6. The van der Waals surface area contributed by atoms with Crippen LogP contribution in [0.25, 0.3) is 11.3 Å². The second kappa shape index (κ2) is 10.1. The SMILES string of the molecule is CCOc1ccc(CC(=O)Nc2cccc(-c3ccc(N4CCCCC4)nn3)c2)cc1. The van der Waals surface area contributed by atoms with Crippen molar-refractivity contribution in [3.05, 3.63) is 66.2 Å². The van der Waals surface area contributed by atoms with E-state index < -0.39 is 0 Å². The van der Waals surface area contributed by atoms with Crippen molar-refractivity contribution in [1.82, 2.24) is 10.2 Å². The zero-order chi connectivity index (χ0) is 21.5. The Morgan fingerprint density at radius 1 is 1.00 bits per heavy atom. The fourth-order valence-electron chi connectivity index (χ4n) is 3.79. The zero-order valence-corrected chi connectivity index (χ0v) is 17.9. The second-order valence-corrected chi connectivity index (χ2v) is 7.71. The van der Waals surface area contributed by atoms with Gasteiger partial charge in [-0.3, -0.25) is 4.79 Å². The summed E-state index contributed by atoms with van der Waals surface area (Å²) in [4.78, 5) is 14.8. The first-order chi connectivity index (χ1) is 15.2. The third-order valence-corrected chi connectivity index (χ3v) is 5.37. The van der Waals surface area contributed by atoms with E-state index in [2.05, 4.69) is 20.4 Å². The molecule has 1 fully saturated rings. The molecule has 1 amide bonds. The number of aromatic nitrogens is 2. The molecular weight excluding hydrogens is 388 g/mol. The maximum atomic E-state index is 12.5. The summed E-state index contributed by atoms with van der Waals surface area (Å²) in [5.41, 5.74) is 3.41. The molecule has 0 unspecified atom stereocenters. The van der Waals surface area contributed by atoms with Crippen LogP contribution in [0.4, 0.5) is 11.5 Å². The first-order valence-corrected chi connectivity index (χ1v) is 10.9. The molecule has 0 atom stereocenters. The monoisotopic (exact) mass is 416 g/mol. The van der Waals surface area contributed by atoms with Gasteiger partial charge in [-0.1, -0.05) is 24.3 Å². The lowest BCUT2D eigenvalue weighted by Gasteiger charge is -2.27. The molecule has 3 aromatic rings. The van der Waals surface area contributed by atoms with Gasteiger partial charge in [0.2, 0.25) is 5.91 Å². The number of nitrogens with one attached hydrogen (secondary N) is 1. The van der Waals surface area contributed by atoms with Crippen LogP contribution in [0.1, 0.15) is 31.7 Å². The number of carbonyl (C=O) groups excluding carboxylic acids is 1. The van der Waals surface area contributed by atoms with Gasteiger partial charge in [-0.25, -0.2) is 0 Å². The number of carbonyl (C=O) groups is 1. The molecule has 160 valence electrons. The summed E-state index contributed by atoms with van der Waals surface area (Å²) in [6, 6.07) is 19.4. The van der Waals surface area contributed by atoms with E-state index in [1.807, 2.05) is 67.6 Å². The number of nitrogens with zero attached hydrogens (tertiary/aromatic N) is 3. The highest BCUT2D eigenvalue weighted by Crippen LogP contribution is 2.23. The van der Waals surface area contributed by atoms with Gasteiger partial charge in [0.25, 0.3) is 0 Å². The lowest BCUT2D eigenvalue weighted by atomic mass is 10.1. The minimum atomic E-state index is -0.0622. The molecule has 0 aliphatic carbocycles. The van der Waals surface area contributed by atoms with Crippen LogP contribution in [0, 0.1) is 0 Å². The Morgan fingerprint density at radius 2 is 1.81 bits per heavy atom. The largest absolute Gasteiger partial charge is 0.494 e. The Balaban J connectivity index is 1.39. The average Bonchev–Trinajstić information content (AvgIpc) is 2.81. The molecule has 2 aromatic carbocycles. The van der Waals surface area contributed by atoms with Crippen molar-refractivity contribution in [2.24, 2.45) is 0 Å². The van der Waals surface area contributed by atoms with Crippen LogP contribution in [-0.2, 0) is 11.2 Å². The van der Waals surface area contributed by atoms with Gasteiger partial charge in [0.05, 0.1) is 18.7 Å². The summed E-state index contributed by atoms with van der Waals surface area (Å²) in [7, 11) is 0.